The van der Waals surface area contributed by atoms with Crippen molar-refractivity contribution in [3.8, 4) is 0 Å². The van der Waals surface area contributed by atoms with Gasteiger partial charge < -0.3 is 24.9 Å². The van der Waals surface area contributed by atoms with E-state index < -0.39 is 0 Å². The maximum Gasteiger partial charge on any atom is 0.322 e. The summed E-state index contributed by atoms with van der Waals surface area (Å²) in [6.07, 6.45) is 0. The number of aromatic nitrogens is 2. The van der Waals surface area contributed by atoms with Gasteiger partial charge in [0.1, 0.15) is 11.0 Å². The first kappa shape index (κ1) is 29.3. The molecule has 2 fully saturated rings. The molecular weight excluding hydrogens is 581 g/mol. The van der Waals surface area contributed by atoms with Crippen LogP contribution in [-0.4, -0.2) is 89.3 Å². The second-order valence-electron chi connectivity index (χ2n) is 10.2. The van der Waals surface area contributed by atoms with Crippen LogP contribution in [0, 0.1) is 6.92 Å². The smallest absolute Gasteiger partial charge is 0.322 e. The zero-order valence-electron chi connectivity index (χ0n) is 23.1. The lowest BCUT2D eigenvalue weighted by molar-refractivity contribution is -0.128. The number of hydrogen-bond acceptors (Lipinski definition) is 7. The zero-order chi connectivity index (χ0) is 28.9. The normalized spacial score (nSPS) is 17.5. The average molecular weight is 615 g/mol. The molecule has 2 aliphatic rings. The molecule has 41 heavy (non-hydrogen) atoms. The van der Waals surface area contributed by atoms with Crippen molar-refractivity contribution < 1.29 is 9.59 Å². The number of anilines is 3. The summed E-state index contributed by atoms with van der Waals surface area (Å²) >= 11 is 13.7. The van der Waals surface area contributed by atoms with Crippen molar-refractivity contribution >= 4 is 64.1 Å². The van der Waals surface area contributed by atoms with Crippen molar-refractivity contribution in [3.63, 3.8) is 0 Å². The fraction of sp³-hybridized carbons (Fsp3) is 0.379. The molecule has 0 unspecified atom stereocenters. The number of thioether (sulfide) groups is 1. The fourth-order valence-electron chi connectivity index (χ4n) is 5.17. The molecule has 0 bridgehead atoms. The van der Waals surface area contributed by atoms with Crippen LogP contribution in [0.4, 0.5) is 22.0 Å². The van der Waals surface area contributed by atoms with Crippen molar-refractivity contribution in [1.82, 2.24) is 19.8 Å². The van der Waals surface area contributed by atoms with Gasteiger partial charge in [-0.2, -0.15) is 0 Å². The van der Waals surface area contributed by atoms with Crippen LogP contribution >= 0.6 is 35.0 Å². The van der Waals surface area contributed by atoms with Gasteiger partial charge in [-0.05, 0) is 43.7 Å². The number of benzene rings is 2. The number of nitrogens with one attached hydrogen (secondary N) is 1. The molecule has 3 amide bonds. The van der Waals surface area contributed by atoms with Crippen molar-refractivity contribution in [2.24, 2.45) is 0 Å². The predicted molar refractivity (Wildman–Crippen MR) is 167 cm³/mol. The largest absolute Gasteiger partial charge is 0.368 e. The van der Waals surface area contributed by atoms with E-state index in [1.165, 1.54) is 23.0 Å². The predicted octanol–water partition coefficient (Wildman–Crippen LogP) is 5.28. The summed E-state index contributed by atoms with van der Waals surface area (Å²) in [5.41, 5.74) is 3.13. The Morgan fingerprint density at radius 2 is 1.71 bits per heavy atom. The van der Waals surface area contributed by atoms with Crippen molar-refractivity contribution in [2.75, 3.05) is 66.7 Å². The first-order chi connectivity index (χ1) is 19.8. The second-order valence-corrected chi connectivity index (χ2v) is 12.0. The molecule has 2 aromatic carbocycles. The lowest BCUT2D eigenvalue weighted by Crippen LogP contribution is -2.55. The highest BCUT2D eigenvalue weighted by Gasteiger charge is 2.29. The number of halogens is 2. The third-order valence-corrected chi connectivity index (χ3v) is 8.62. The molecule has 0 aliphatic carbocycles. The summed E-state index contributed by atoms with van der Waals surface area (Å²) in [5.74, 6) is 1.00. The first-order valence-electron chi connectivity index (χ1n) is 13.6. The van der Waals surface area contributed by atoms with Crippen LogP contribution in [0.25, 0.3) is 0 Å². The maximum absolute atomic E-state index is 13.0. The molecule has 1 aromatic heterocycles. The maximum atomic E-state index is 13.0. The Bertz CT molecular complexity index is 1400. The minimum absolute atomic E-state index is 0.0623. The molecule has 2 aliphatic heterocycles. The van der Waals surface area contributed by atoms with E-state index in [-0.39, 0.29) is 23.7 Å². The van der Waals surface area contributed by atoms with E-state index in [1.54, 1.807) is 29.2 Å². The number of aryl methyl sites for hydroxylation is 1. The number of para-hydroxylation sites is 1. The Morgan fingerprint density at radius 3 is 2.44 bits per heavy atom. The van der Waals surface area contributed by atoms with Gasteiger partial charge in [0, 0.05) is 74.3 Å². The van der Waals surface area contributed by atoms with Gasteiger partial charge in [-0.3, -0.25) is 4.79 Å². The monoisotopic (exact) mass is 613 g/mol. The molecule has 0 spiro atoms. The van der Waals surface area contributed by atoms with Gasteiger partial charge >= 0.3 is 6.03 Å². The SMILES string of the molecule is Cc1ccccc1N1CCN(C(=O)CSc2nc(Cl)cc(N3CCN(C(=O)Nc4cccc(Cl)c4)[C@@H](C)C3)n2)CC1. The lowest BCUT2D eigenvalue weighted by Gasteiger charge is -2.40. The molecule has 3 aromatic rings. The van der Waals surface area contributed by atoms with Gasteiger partial charge in [0.15, 0.2) is 5.16 Å². The fourth-order valence-corrected chi connectivity index (χ4v) is 6.35. The Balaban J connectivity index is 1.13. The van der Waals surface area contributed by atoms with E-state index in [0.717, 1.165) is 13.1 Å². The number of rotatable bonds is 6. The highest BCUT2D eigenvalue weighted by molar-refractivity contribution is 7.99. The van der Waals surface area contributed by atoms with Gasteiger partial charge in [-0.25, -0.2) is 14.8 Å². The number of urea groups is 1. The lowest BCUT2D eigenvalue weighted by atomic mass is 10.1. The summed E-state index contributed by atoms with van der Waals surface area (Å²) in [6.45, 7) is 8.79. The van der Waals surface area contributed by atoms with Crippen LogP contribution in [0.2, 0.25) is 10.2 Å². The number of carbonyl (C=O) groups is 2. The minimum Gasteiger partial charge on any atom is -0.368 e. The van der Waals surface area contributed by atoms with Gasteiger partial charge in [-0.1, -0.05) is 59.2 Å². The third-order valence-electron chi connectivity index (χ3n) is 7.36. The second kappa shape index (κ2) is 13.2. The van der Waals surface area contributed by atoms with Crippen LogP contribution in [0.1, 0.15) is 12.5 Å². The van der Waals surface area contributed by atoms with Crippen molar-refractivity contribution in [3.05, 3.63) is 70.3 Å². The molecule has 9 nitrogen and oxygen atoms in total. The average Bonchev–Trinajstić information content (AvgIpc) is 2.96. The topological polar surface area (TPSA) is 84.9 Å². The quantitative estimate of drug-likeness (QED) is 0.230. The molecule has 5 rings (SSSR count). The van der Waals surface area contributed by atoms with Gasteiger partial charge in [0.2, 0.25) is 5.91 Å². The number of amides is 3. The Kier molecular flexibility index (Phi) is 9.42. The number of piperazine rings is 2. The van der Waals surface area contributed by atoms with Crippen molar-refractivity contribution in [2.45, 2.75) is 25.0 Å². The zero-order valence-corrected chi connectivity index (χ0v) is 25.4. The van der Waals surface area contributed by atoms with Crippen LogP contribution in [0.5, 0.6) is 0 Å². The standard InChI is InChI=1S/C29H33Cl2N7O2S/c1-20-6-3-4-9-24(20)35-10-12-36(13-11-35)27(39)19-41-28-33-25(31)17-26(34-28)37-14-15-38(21(2)18-37)29(40)32-23-8-5-7-22(30)16-23/h3-9,16-17,21H,10-15,18-19H2,1-2H3,(H,32,40)/t21-/m0/s1. The molecule has 3 heterocycles. The number of carbonyl (C=O) groups excluding carboxylic acids is 2. The van der Waals surface area contributed by atoms with Crippen LogP contribution in [0.3, 0.4) is 0 Å². The van der Waals surface area contributed by atoms with Crippen molar-refractivity contribution in [1.29, 1.82) is 0 Å². The van der Waals surface area contributed by atoms with E-state index in [2.05, 4.69) is 45.2 Å². The Hall–Kier alpha value is -3.21. The molecule has 0 radical (unpaired) electrons. The van der Waals surface area contributed by atoms with E-state index in [9.17, 15) is 9.59 Å². The van der Waals surface area contributed by atoms with E-state index >= 15 is 0 Å². The summed E-state index contributed by atoms with van der Waals surface area (Å²) in [4.78, 5) is 43.1. The first-order valence-corrected chi connectivity index (χ1v) is 15.3. The van der Waals surface area contributed by atoms with Crippen LogP contribution in [-0.2, 0) is 4.79 Å². The number of nitrogens with zero attached hydrogens (tertiary/aromatic N) is 6. The summed E-state index contributed by atoms with van der Waals surface area (Å²) in [7, 11) is 0. The van der Waals surface area contributed by atoms with Crippen LogP contribution < -0.4 is 15.1 Å². The minimum atomic E-state index is -0.172. The number of hydrogen-bond donors (Lipinski definition) is 1. The molecular formula is C29H33Cl2N7O2S. The highest BCUT2D eigenvalue weighted by atomic mass is 35.5. The molecule has 1 atom stereocenters. The van der Waals surface area contributed by atoms with E-state index in [1.807, 2.05) is 24.0 Å². The molecule has 2 saturated heterocycles. The molecule has 0 saturated carbocycles. The van der Waals surface area contributed by atoms with Gasteiger partial charge in [-0.15, -0.1) is 0 Å². The van der Waals surface area contributed by atoms with E-state index in [0.29, 0.717) is 59.6 Å². The Morgan fingerprint density at radius 1 is 0.951 bits per heavy atom. The summed E-state index contributed by atoms with van der Waals surface area (Å²) in [6, 6.07) is 16.9. The molecule has 12 heteroatoms. The summed E-state index contributed by atoms with van der Waals surface area (Å²) in [5, 5.41) is 4.28. The van der Waals surface area contributed by atoms with E-state index in [4.69, 9.17) is 28.2 Å². The van der Waals surface area contributed by atoms with Gasteiger partial charge in [0.05, 0.1) is 5.75 Å². The molecule has 1 N–H and O–H groups in total. The Labute approximate surface area is 254 Å². The summed E-state index contributed by atoms with van der Waals surface area (Å²) < 4.78 is 0. The highest BCUT2D eigenvalue weighted by Crippen LogP contribution is 2.26. The molecule has 216 valence electrons. The van der Waals surface area contributed by atoms with Crippen LogP contribution in [0.15, 0.2) is 59.8 Å². The van der Waals surface area contributed by atoms with Gasteiger partial charge in [0.25, 0.3) is 0 Å². The third kappa shape index (κ3) is 7.36.